The number of amides is 5. The highest BCUT2D eigenvalue weighted by Gasteiger charge is 2.31. The van der Waals surface area contributed by atoms with Gasteiger partial charge >= 0.3 is 5.97 Å². The summed E-state index contributed by atoms with van der Waals surface area (Å²) in [6.45, 7) is 2.15. The van der Waals surface area contributed by atoms with Crippen LogP contribution in [0, 0.1) is 0 Å². The van der Waals surface area contributed by atoms with Crippen molar-refractivity contribution in [2.75, 3.05) is 7.05 Å². The van der Waals surface area contributed by atoms with Crippen LogP contribution in [0.25, 0.3) is 10.9 Å². The Kier molecular flexibility index (Phi) is 14.7. The Balaban J connectivity index is 2.19. The van der Waals surface area contributed by atoms with Crippen LogP contribution >= 0.6 is 0 Å². The normalized spacial score (nSPS) is 13.0. The number of likely N-dealkylation sites (N-methyl/N-ethyl adjacent to an activating group) is 1. The molecule has 43 heavy (non-hydrogen) atoms. The van der Waals surface area contributed by atoms with Gasteiger partial charge in [-0.1, -0.05) is 63.6 Å². The van der Waals surface area contributed by atoms with Gasteiger partial charge in [-0.15, -0.1) is 0 Å². The van der Waals surface area contributed by atoms with E-state index in [0.29, 0.717) is 6.42 Å². The van der Waals surface area contributed by atoms with Crippen molar-refractivity contribution in [3.05, 3.63) is 36.0 Å². The lowest BCUT2D eigenvalue weighted by molar-refractivity contribution is -0.141. The predicted molar refractivity (Wildman–Crippen MR) is 161 cm³/mol. The Morgan fingerprint density at radius 1 is 0.814 bits per heavy atom. The minimum atomic E-state index is -1.52. The molecule has 13 heteroatoms. The standard InChI is InChI=1S/C30H44N6O7/c1-3-4-5-6-7-8-9-14-26(38)34-22(15-19-18-33-21-13-11-10-12-20(19)21)29(42)35-23(16-25(31)37)30(43)36-24(17-27(39)40)28(41)32-2/h10-13,18,22-24,33H,3-9,14-17H2,1-2H3,(H2,31,37)(H,32,41)(H,34,38)(H,35,42)(H,36,43)(H,39,40). The van der Waals surface area contributed by atoms with E-state index in [1.165, 1.54) is 13.5 Å². The molecule has 0 aliphatic carbocycles. The summed E-state index contributed by atoms with van der Waals surface area (Å²) in [5.74, 6) is -5.06. The lowest BCUT2D eigenvalue weighted by Gasteiger charge is -2.24. The number of carbonyl (C=O) groups excluding carboxylic acids is 5. The number of hydrogen-bond acceptors (Lipinski definition) is 6. The van der Waals surface area contributed by atoms with E-state index in [0.717, 1.165) is 48.6 Å². The van der Waals surface area contributed by atoms with Gasteiger partial charge in [-0.2, -0.15) is 0 Å². The van der Waals surface area contributed by atoms with Crippen molar-refractivity contribution >= 4 is 46.4 Å². The summed E-state index contributed by atoms with van der Waals surface area (Å²) in [4.78, 5) is 77.7. The van der Waals surface area contributed by atoms with Gasteiger partial charge in [0.05, 0.1) is 12.8 Å². The number of fused-ring (bicyclic) bond motifs is 1. The molecule has 236 valence electrons. The maximum absolute atomic E-state index is 13.5. The molecule has 0 radical (unpaired) electrons. The predicted octanol–water partition coefficient (Wildman–Crippen LogP) is 1.40. The molecule has 0 spiro atoms. The molecule has 8 N–H and O–H groups in total. The van der Waals surface area contributed by atoms with Crippen LogP contribution in [-0.4, -0.2) is 70.8 Å². The quantitative estimate of drug-likeness (QED) is 0.111. The molecule has 1 aromatic heterocycles. The average molecular weight is 601 g/mol. The van der Waals surface area contributed by atoms with Crippen molar-refractivity contribution in [2.45, 2.75) is 95.7 Å². The maximum Gasteiger partial charge on any atom is 0.305 e. The van der Waals surface area contributed by atoms with Gasteiger partial charge in [0.25, 0.3) is 0 Å². The minimum Gasteiger partial charge on any atom is -0.481 e. The zero-order valence-electron chi connectivity index (χ0n) is 24.9. The number of nitrogens with one attached hydrogen (secondary N) is 5. The van der Waals surface area contributed by atoms with Gasteiger partial charge in [-0.05, 0) is 18.1 Å². The highest BCUT2D eigenvalue weighted by Crippen LogP contribution is 2.19. The van der Waals surface area contributed by atoms with Crippen LogP contribution in [-0.2, 0) is 35.2 Å². The molecule has 0 fully saturated rings. The van der Waals surface area contributed by atoms with E-state index in [-0.39, 0.29) is 18.7 Å². The smallest absolute Gasteiger partial charge is 0.305 e. The molecule has 0 aliphatic rings. The van der Waals surface area contributed by atoms with Crippen LogP contribution in [0.15, 0.2) is 30.5 Å². The van der Waals surface area contributed by atoms with Crippen molar-refractivity contribution in [2.24, 2.45) is 5.73 Å². The molecule has 0 bridgehead atoms. The first kappa shape index (κ1) is 34.8. The highest BCUT2D eigenvalue weighted by atomic mass is 16.4. The van der Waals surface area contributed by atoms with Crippen molar-refractivity contribution in [1.29, 1.82) is 0 Å². The lowest BCUT2D eigenvalue weighted by atomic mass is 10.0. The molecular formula is C30H44N6O7. The van der Waals surface area contributed by atoms with Crippen LogP contribution in [0.5, 0.6) is 0 Å². The van der Waals surface area contributed by atoms with Crippen LogP contribution in [0.2, 0.25) is 0 Å². The third-order valence-corrected chi connectivity index (χ3v) is 7.05. The van der Waals surface area contributed by atoms with Gasteiger partial charge in [0.15, 0.2) is 0 Å². The zero-order valence-corrected chi connectivity index (χ0v) is 24.9. The van der Waals surface area contributed by atoms with E-state index in [4.69, 9.17) is 10.8 Å². The summed E-state index contributed by atoms with van der Waals surface area (Å²) in [6.07, 6.45) is 7.90. The third-order valence-electron chi connectivity index (χ3n) is 7.05. The van der Waals surface area contributed by atoms with Crippen molar-refractivity contribution in [1.82, 2.24) is 26.3 Å². The summed E-state index contributed by atoms with van der Waals surface area (Å²) < 4.78 is 0. The number of aromatic amines is 1. The van der Waals surface area contributed by atoms with Gasteiger partial charge in [0.2, 0.25) is 29.5 Å². The third kappa shape index (κ3) is 12.1. The van der Waals surface area contributed by atoms with Gasteiger partial charge in [-0.25, -0.2) is 0 Å². The number of nitrogens with two attached hydrogens (primary N) is 1. The second kappa shape index (κ2) is 18.2. The Labute approximate surface area is 251 Å². The monoisotopic (exact) mass is 600 g/mol. The number of hydrogen-bond donors (Lipinski definition) is 7. The van der Waals surface area contributed by atoms with Gasteiger partial charge in [-0.3, -0.25) is 28.8 Å². The van der Waals surface area contributed by atoms with Gasteiger partial charge in [0.1, 0.15) is 18.1 Å². The molecule has 13 nitrogen and oxygen atoms in total. The topological polar surface area (TPSA) is 213 Å². The van der Waals surface area contributed by atoms with Crippen LogP contribution in [0.1, 0.15) is 76.7 Å². The number of aliphatic carboxylic acids is 1. The first-order valence-electron chi connectivity index (χ1n) is 14.7. The summed E-state index contributed by atoms with van der Waals surface area (Å²) >= 11 is 0. The molecule has 0 aliphatic heterocycles. The van der Waals surface area contributed by atoms with E-state index in [2.05, 4.69) is 33.2 Å². The van der Waals surface area contributed by atoms with Crippen molar-refractivity contribution in [3.63, 3.8) is 0 Å². The SMILES string of the molecule is CCCCCCCCCC(=O)NC(Cc1c[nH]c2ccccc12)C(=O)NC(CC(N)=O)C(=O)NC(CC(=O)O)C(=O)NC. The number of para-hydroxylation sites is 1. The number of aromatic nitrogens is 1. The Bertz CT molecular complexity index is 1260. The summed E-state index contributed by atoms with van der Waals surface area (Å²) in [6, 6.07) is 3.39. The molecule has 0 saturated heterocycles. The fourth-order valence-corrected chi connectivity index (χ4v) is 4.75. The second-order valence-electron chi connectivity index (χ2n) is 10.6. The molecule has 1 aromatic carbocycles. The van der Waals surface area contributed by atoms with Crippen LogP contribution in [0.4, 0.5) is 0 Å². The number of H-pyrrole nitrogens is 1. The average Bonchev–Trinajstić information content (AvgIpc) is 3.37. The van der Waals surface area contributed by atoms with Gasteiger partial charge in [0, 0.05) is 37.0 Å². The molecular weight excluding hydrogens is 556 g/mol. The molecule has 1 heterocycles. The largest absolute Gasteiger partial charge is 0.481 e. The number of benzene rings is 1. The first-order valence-corrected chi connectivity index (χ1v) is 14.7. The highest BCUT2D eigenvalue weighted by molar-refractivity contribution is 5.97. The number of carboxylic acid groups (broad SMARTS) is 1. The summed E-state index contributed by atoms with van der Waals surface area (Å²) in [5.41, 5.74) is 6.92. The number of unbranched alkanes of at least 4 members (excludes halogenated alkanes) is 6. The molecule has 3 atom stereocenters. The summed E-state index contributed by atoms with van der Waals surface area (Å²) in [5, 5.41) is 19.8. The van der Waals surface area contributed by atoms with E-state index >= 15 is 0 Å². The van der Waals surface area contributed by atoms with E-state index in [1.807, 2.05) is 24.3 Å². The lowest BCUT2D eigenvalue weighted by Crippen LogP contribution is -2.58. The number of rotatable bonds is 20. The Morgan fingerprint density at radius 3 is 2.05 bits per heavy atom. The zero-order chi connectivity index (χ0) is 31.8. The Morgan fingerprint density at radius 2 is 1.42 bits per heavy atom. The Hall–Kier alpha value is -4.42. The fraction of sp³-hybridized carbons (Fsp3) is 0.533. The van der Waals surface area contributed by atoms with Gasteiger partial charge < -0.3 is 37.1 Å². The minimum absolute atomic E-state index is 0.0867. The molecule has 3 unspecified atom stereocenters. The van der Waals surface area contributed by atoms with E-state index < -0.39 is 60.6 Å². The second-order valence-corrected chi connectivity index (χ2v) is 10.6. The van der Waals surface area contributed by atoms with E-state index in [1.54, 1.807) is 6.20 Å². The van der Waals surface area contributed by atoms with Crippen molar-refractivity contribution < 1.29 is 33.9 Å². The fourth-order valence-electron chi connectivity index (χ4n) is 4.75. The van der Waals surface area contributed by atoms with Crippen LogP contribution in [0.3, 0.4) is 0 Å². The maximum atomic E-state index is 13.5. The number of primary amides is 1. The molecule has 2 aromatic rings. The molecule has 0 saturated carbocycles. The number of carboxylic acids is 1. The van der Waals surface area contributed by atoms with Crippen LogP contribution < -0.4 is 27.0 Å². The number of carbonyl (C=O) groups is 6. The molecule has 2 rings (SSSR count). The molecule has 5 amide bonds. The first-order chi connectivity index (χ1) is 20.5. The van der Waals surface area contributed by atoms with E-state index in [9.17, 15) is 28.8 Å². The summed E-state index contributed by atoms with van der Waals surface area (Å²) in [7, 11) is 1.27. The van der Waals surface area contributed by atoms with Crippen molar-refractivity contribution in [3.8, 4) is 0 Å².